The Labute approximate surface area is 239 Å². The van der Waals surface area contributed by atoms with E-state index < -0.39 is 0 Å². The fourth-order valence-corrected chi connectivity index (χ4v) is 5.88. The number of nitrogens with zero attached hydrogens (tertiary/aromatic N) is 3. The van der Waals surface area contributed by atoms with E-state index in [0.717, 1.165) is 64.3 Å². The van der Waals surface area contributed by atoms with Crippen LogP contribution in [0, 0.1) is 6.92 Å². The third-order valence-corrected chi connectivity index (χ3v) is 8.28. The summed E-state index contributed by atoms with van der Waals surface area (Å²) in [6.07, 6.45) is 0. The Morgan fingerprint density at radius 1 is 0.949 bits per heavy atom. The van der Waals surface area contributed by atoms with Crippen LogP contribution in [-0.4, -0.2) is 45.5 Å². The first-order valence-corrected chi connectivity index (χ1v) is 14.8. The first kappa shape index (κ1) is 27.4. The van der Waals surface area contributed by atoms with Gasteiger partial charge in [-0.2, -0.15) is 11.8 Å². The van der Waals surface area contributed by atoms with E-state index in [1.54, 1.807) is 0 Å². The van der Waals surface area contributed by atoms with Crippen molar-refractivity contribution in [3.8, 4) is 11.3 Å². The van der Waals surface area contributed by atoms with Gasteiger partial charge in [0.1, 0.15) is 5.15 Å². The molecule has 5 rings (SSSR count). The summed E-state index contributed by atoms with van der Waals surface area (Å²) in [6.45, 7) is 11.1. The summed E-state index contributed by atoms with van der Waals surface area (Å²) in [7, 11) is 0. The van der Waals surface area contributed by atoms with E-state index in [4.69, 9.17) is 16.6 Å². The highest BCUT2D eigenvalue weighted by Gasteiger charge is 2.20. The number of urea groups is 1. The minimum atomic E-state index is -0.335. The highest BCUT2D eigenvalue weighted by Crippen LogP contribution is 2.33. The first-order chi connectivity index (χ1) is 18.7. The monoisotopic (exact) mass is 559 g/mol. The van der Waals surface area contributed by atoms with Gasteiger partial charge in [-0.1, -0.05) is 68.8 Å². The van der Waals surface area contributed by atoms with Crippen LogP contribution >= 0.6 is 23.4 Å². The first-order valence-electron chi connectivity index (χ1n) is 13.2. The molecule has 0 spiro atoms. The average molecular weight is 560 g/mol. The Morgan fingerprint density at radius 3 is 2.41 bits per heavy atom. The molecule has 0 atom stereocenters. The summed E-state index contributed by atoms with van der Waals surface area (Å²) < 4.78 is 0. The normalized spacial score (nSPS) is 14.4. The van der Waals surface area contributed by atoms with Gasteiger partial charge < -0.3 is 10.6 Å². The van der Waals surface area contributed by atoms with E-state index in [-0.39, 0.29) is 11.4 Å². The number of hydrogen-bond acceptors (Lipinski definition) is 5. The fraction of sp³-hybridized carbons (Fsp3) is 0.323. The maximum absolute atomic E-state index is 13.1. The molecule has 3 heterocycles. The van der Waals surface area contributed by atoms with Gasteiger partial charge in [-0.15, -0.1) is 0 Å². The van der Waals surface area contributed by atoms with Crippen LogP contribution in [0.25, 0.3) is 22.0 Å². The predicted molar refractivity (Wildman–Crippen MR) is 165 cm³/mol. The largest absolute Gasteiger partial charge is 0.323 e. The lowest BCUT2D eigenvalue weighted by Crippen LogP contribution is -2.32. The predicted octanol–water partition coefficient (Wildman–Crippen LogP) is 7.75. The Morgan fingerprint density at radius 2 is 1.67 bits per heavy atom. The Hall–Kier alpha value is -3.13. The van der Waals surface area contributed by atoms with E-state index in [2.05, 4.69) is 65.6 Å². The zero-order valence-corrected chi connectivity index (χ0v) is 24.4. The summed E-state index contributed by atoms with van der Waals surface area (Å²) in [4.78, 5) is 25.1. The van der Waals surface area contributed by atoms with Gasteiger partial charge in [-0.25, -0.2) is 9.78 Å². The SMILES string of the molecule is Cc1c(NC(=O)Nc2ccc(-c3cccc(CN4CCSCC4)n3)c3ccccc23)cc(C(C)(C)C)nc1Cl. The van der Waals surface area contributed by atoms with Gasteiger partial charge >= 0.3 is 6.03 Å². The van der Waals surface area contributed by atoms with Crippen LogP contribution in [0.1, 0.15) is 37.7 Å². The molecule has 2 N–H and O–H groups in total. The summed E-state index contributed by atoms with van der Waals surface area (Å²) in [5, 5.41) is 8.39. The maximum atomic E-state index is 13.1. The number of aromatic nitrogens is 2. The van der Waals surface area contributed by atoms with E-state index in [1.807, 2.05) is 55.1 Å². The van der Waals surface area contributed by atoms with Crippen molar-refractivity contribution in [3.63, 3.8) is 0 Å². The van der Waals surface area contributed by atoms with Crippen molar-refractivity contribution in [2.45, 2.75) is 39.7 Å². The Balaban J connectivity index is 1.40. The third kappa shape index (κ3) is 6.38. The molecule has 2 aromatic heterocycles. The zero-order chi connectivity index (χ0) is 27.6. The van der Waals surface area contributed by atoms with Crippen LogP contribution in [0.3, 0.4) is 0 Å². The number of fused-ring (bicyclic) bond motifs is 1. The summed E-state index contributed by atoms with van der Waals surface area (Å²) in [6, 6.07) is 19.9. The molecule has 1 aliphatic heterocycles. The van der Waals surface area contributed by atoms with Gasteiger partial charge in [0.15, 0.2) is 0 Å². The number of hydrogen-bond donors (Lipinski definition) is 2. The third-order valence-electron chi connectivity index (χ3n) is 6.97. The van der Waals surface area contributed by atoms with Crippen molar-refractivity contribution in [2.24, 2.45) is 0 Å². The van der Waals surface area contributed by atoms with E-state index >= 15 is 0 Å². The molecule has 0 aliphatic carbocycles. The zero-order valence-electron chi connectivity index (χ0n) is 22.8. The van der Waals surface area contributed by atoms with Crippen molar-refractivity contribution in [1.82, 2.24) is 14.9 Å². The Kier molecular flexibility index (Phi) is 8.12. The molecule has 8 heteroatoms. The molecule has 4 aromatic rings. The van der Waals surface area contributed by atoms with Crippen LogP contribution in [0.15, 0.2) is 60.7 Å². The van der Waals surface area contributed by atoms with Crippen molar-refractivity contribution < 1.29 is 4.79 Å². The molecule has 2 aromatic carbocycles. The number of pyridine rings is 2. The highest BCUT2D eigenvalue weighted by atomic mass is 35.5. The molecule has 0 saturated carbocycles. The second kappa shape index (κ2) is 11.5. The van der Waals surface area contributed by atoms with Crippen molar-refractivity contribution >= 4 is 51.5 Å². The van der Waals surface area contributed by atoms with Crippen molar-refractivity contribution in [3.05, 3.63) is 82.8 Å². The molecule has 0 radical (unpaired) electrons. The number of halogens is 1. The van der Waals surface area contributed by atoms with Crippen LogP contribution < -0.4 is 10.6 Å². The maximum Gasteiger partial charge on any atom is 0.323 e. The number of amides is 2. The smallest absolute Gasteiger partial charge is 0.307 e. The number of nitrogens with one attached hydrogen (secondary N) is 2. The molecular formula is C31H34ClN5OS. The van der Waals surface area contributed by atoms with Gasteiger partial charge in [0.05, 0.1) is 22.8 Å². The van der Waals surface area contributed by atoms with E-state index in [0.29, 0.717) is 10.8 Å². The molecular weight excluding hydrogens is 526 g/mol. The molecule has 0 unspecified atom stereocenters. The van der Waals surface area contributed by atoms with Gasteiger partial charge in [-0.3, -0.25) is 9.88 Å². The van der Waals surface area contributed by atoms with Crippen molar-refractivity contribution in [2.75, 3.05) is 35.2 Å². The second-order valence-corrected chi connectivity index (χ2v) is 12.5. The highest BCUT2D eigenvalue weighted by molar-refractivity contribution is 7.99. The lowest BCUT2D eigenvalue weighted by Gasteiger charge is -2.25. The molecule has 202 valence electrons. The Bertz CT molecular complexity index is 1510. The number of rotatable bonds is 5. The summed E-state index contributed by atoms with van der Waals surface area (Å²) in [5.41, 5.74) is 5.77. The molecule has 1 aliphatic rings. The summed E-state index contributed by atoms with van der Waals surface area (Å²) in [5.74, 6) is 2.36. The van der Waals surface area contributed by atoms with Crippen LogP contribution in [0.2, 0.25) is 5.15 Å². The summed E-state index contributed by atoms with van der Waals surface area (Å²) >= 11 is 8.41. The van der Waals surface area contributed by atoms with Crippen LogP contribution in [-0.2, 0) is 12.0 Å². The molecule has 6 nitrogen and oxygen atoms in total. The van der Waals surface area contributed by atoms with E-state index in [1.165, 1.54) is 11.5 Å². The van der Waals surface area contributed by atoms with Crippen LogP contribution in [0.5, 0.6) is 0 Å². The number of thioether (sulfide) groups is 1. The topological polar surface area (TPSA) is 70.2 Å². The van der Waals surface area contributed by atoms with Gasteiger partial charge in [-0.05, 0) is 36.6 Å². The number of carbonyl (C=O) groups is 1. The lowest BCUT2D eigenvalue weighted by molar-refractivity contribution is 0.262. The molecule has 1 fully saturated rings. The van der Waals surface area contributed by atoms with Crippen molar-refractivity contribution in [1.29, 1.82) is 0 Å². The fourth-order valence-electron chi connectivity index (χ4n) is 4.71. The molecule has 0 bridgehead atoms. The second-order valence-electron chi connectivity index (χ2n) is 10.9. The lowest BCUT2D eigenvalue weighted by atomic mass is 9.91. The number of benzene rings is 2. The average Bonchev–Trinajstić information content (AvgIpc) is 2.91. The van der Waals surface area contributed by atoms with Gasteiger partial charge in [0, 0.05) is 58.8 Å². The molecule has 2 amide bonds. The van der Waals surface area contributed by atoms with E-state index in [9.17, 15) is 4.79 Å². The molecule has 1 saturated heterocycles. The number of carbonyl (C=O) groups excluding carboxylic acids is 1. The van der Waals surface area contributed by atoms with Gasteiger partial charge in [0.2, 0.25) is 0 Å². The number of anilines is 2. The standard InChI is InChI=1S/C31H34ClN5OS/c1-20-27(18-28(31(2,3)4)36-29(20)32)35-30(38)34-26-13-12-24(22-9-5-6-10-23(22)26)25-11-7-8-21(33-25)19-37-14-16-39-17-15-37/h5-13,18H,14-17,19H2,1-4H3,(H2,34,35,36,38). The minimum Gasteiger partial charge on any atom is -0.307 e. The molecule has 39 heavy (non-hydrogen) atoms. The van der Waals surface area contributed by atoms with Gasteiger partial charge in [0.25, 0.3) is 0 Å². The minimum absolute atomic E-state index is 0.200. The van der Waals surface area contributed by atoms with Crippen LogP contribution in [0.4, 0.5) is 16.2 Å². The quantitative estimate of drug-likeness (QED) is 0.245.